The first-order valence-corrected chi connectivity index (χ1v) is 9.90. The van der Waals surface area contributed by atoms with Gasteiger partial charge in [0.2, 0.25) is 6.10 Å². The highest BCUT2D eigenvalue weighted by atomic mass is 16.6. The van der Waals surface area contributed by atoms with Gasteiger partial charge in [-0.15, -0.1) is 0 Å². The molecule has 0 radical (unpaired) electrons. The van der Waals surface area contributed by atoms with Crippen LogP contribution in [-0.4, -0.2) is 61.1 Å². The molecule has 0 spiro atoms. The van der Waals surface area contributed by atoms with E-state index < -0.39 is 18.0 Å². The van der Waals surface area contributed by atoms with Gasteiger partial charge in [-0.1, -0.05) is 37.3 Å². The van der Waals surface area contributed by atoms with Crippen LogP contribution in [0.5, 0.6) is 0 Å². The van der Waals surface area contributed by atoms with E-state index in [1.165, 1.54) is 7.11 Å². The monoisotopic (exact) mass is 414 g/mol. The van der Waals surface area contributed by atoms with Crippen LogP contribution in [0.1, 0.15) is 50.7 Å². The number of ether oxygens (including phenoxy) is 3. The number of hydrogen-bond acceptors (Lipinski definition) is 6. The van der Waals surface area contributed by atoms with Crippen molar-refractivity contribution in [2.24, 2.45) is 0 Å². The number of hydrogen-bond donors (Lipinski definition) is 1. The van der Waals surface area contributed by atoms with E-state index in [9.17, 15) is 14.4 Å². The fourth-order valence-electron chi connectivity index (χ4n) is 3.51. The van der Waals surface area contributed by atoms with E-state index in [4.69, 9.17) is 14.2 Å². The topological polar surface area (TPSA) is 97.9 Å². The van der Waals surface area contributed by atoms with Crippen molar-refractivity contribution >= 4 is 17.8 Å². The molecule has 1 atom stereocenters. The maximum Gasteiger partial charge on any atom is 0.356 e. The molecule has 0 saturated carbocycles. The number of nitrogens with one attached hydrogen (secondary N) is 1. The van der Waals surface area contributed by atoms with E-state index in [0.29, 0.717) is 55.1 Å². The second-order valence-corrected chi connectivity index (χ2v) is 6.96. The predicted molar refractivity (Wildman–Crippen MR) is 108 cm³/mol. The van der Waals surface area contributed by atoms with Crippen LogP contribution in [-0.2, 0) is 25.4 Å². The molecule has 8 nitrogen and oxygen atoms in total. The van der Waals surface area contributed by atoms with Crippen LogP contribution in [0.3, 0.4) is 0 Å². The molecule has 1 amide bonds. The van der Waals surface area contributed by atoms with Crippen LogP contribution in [0, 0.1) is 6.92 Å². The van der Waals surface area contributed by atoms with Gasteiger partial charge in [0.15, 0.2) is 0 Å². The maximum atomic E-state index is 13.1. The third kappa shape index (κ3) is 4.38. The number of H-pyrrole nitrogens is 1. The molecule has 1 saturated heterocycles. The molecule has 2 heterocycles. The number of rotatable bonds is 6. The standard InChI is InChI=1S/C22H26N2O6/c1-4-16-17(21(26)28-3)14(2)18(23-16)22(27)30-19(15-8-6-5-7-9-15)20(25)24-10-12-29-13-11-24/h5-9,19,23H,4,10-13H2,1-3H3/t19-/m0/s1. The first-order valence-electron chi connectivity index (χ1n) is 9.90. The molecule has 1 aliphatic rings. The van der Waals surface area contributed by atoms with Crippen LogP contribution in [0.2, 0.25) is 0 Å². The molecular weight excluding hydrogens is 388 g/mol. The van der Waals surface area contributed by atoms with Crippen molar-refractivity contribution in [2.75, 3.05) is 33.4 Å². The van der Waals surface area contributed by atoms with Gasteiger partial charge in [0, 0.05) is 24.3 Å². The number of esters is 2. The molecule has 0 aliphatic carbocycles. The van der Waals surface area contributed by atoms with E-state index >= 15 is 0 Å². The molecular formula is C22H26N2O6. The maximum absolute atomic E-state index is 13.1. The average molecular weight is 414 g/mol. The van der Waals surface area contributed by atoms with Crippen LogP contribution in [0.4, 0.5) is 0 Å². The minimum absolute atomic E-state index is 0.142. The Hall–Kier alpha value is -3.13. The second kappa shape index (κ2) is 9.58. The Morgan fingerprint density at radius 1 is 1.13 bits per heavy atom. The van der Waals surface area contributed by atoms with Crippen molar-refractivity contribution in [3.05, 3.63) is 58.4 Å². The normalized spacial score (nSPS) is 14.8. The summed E-state index contributed by atoms with van der Waals surface area (Å²) < 4.78 is 15.8. The first kappa shape index (κ1) is 21.6. The third-order valence-electron chi connectivity index (χ3n) is 5.15. The molecule has 3 rings (SSSR count). The van der Waals surface area contributed by atoms with Crippen LogP contribution in [0.25, 0.3) is 0 Å². The van der Waals surface area contributed by atoms with Gasteiger partial charge >= 0.3 is 11.9 Å². The summed E-state index contributed by atoms with van der Waals surface area (Å²) in [6, 6.07) is 8.89. The van der Waals surface area contributed by atoms with Gasteiger partial charge in [-0.05, 0) is 18.9 Å². The number of aromatic amines is 1. The second-order valence-electron chi connectivity index (χ2n) is 6.96. The predicted octanol–water partition coefficient (Wildman–Crippen LogP) is 2.43. The van der Waals surface area contributed by atoms with Crippen LogP contribution < -0.4 is 0 Å². The van der Waals surface area contributed by atoms with Gasteiger partial charge in [-0.25, -0.2) is 9.59 Å². The summed E-state index contributed by atoms with van der Waals surface area (Å²) in [7, 11) is 1.29. The summed E-state index contributed by atoms with van der Waals surface area (Å²) in [5.74, 6) is -1.53. The Labute approximate surface area is 175 Å². The van der Waals surface area contributed by atoms with Gasteiger partial charge in [-0.3, -0.25) is 4.79 Å². The van der Waals surface area contributed by atoms with Gasteiger partial charge in [-0.2, -0.15) is 0 Å². The number of carbonyl (C=O) groups is 3. The van der Waals surface area contributed by atoms with Gasteiger partial charge in [0.25, 0.3) is 5.91 Å². The van der Waals surface area contributed by atoms with Gasteiger partial charge < -0.3 is 24.1 Å². The van der Waals surface area contributed by atoms with Crippen molar-refractivity contribution < 1.29 is 28.6 Å². The lowest BCUT2D eigenvalue weighted by Crippen LogP contribution is -2.44. The molecule has 1 aromatic carbocycles. The molecule has 0 unspecified atom stereocenters. The van der Waals surface area contributed by atoms with E-state index in [1.807, 2.05) is 13.0 Å². The number of amides is 1. The zero-order valence-corrected chi connectivity index (χ0v) is 17.4. The van der Waals surface area contributed by atoms with E-state index in [0.717, 1.165) is 0 Å². The largest absolute Gasteiger partial charge is 0.465 e. The lowest BCUT2D eigenvalue weighted by atomic mass is 10.1. The number of aryl methyl sites for hydroxylation is 1. The third-order valence-corrected chi connectivity index (χ3v) is 5.15. The molecule has 1 fully saturated rings. The molecule has 1 N–H and O–H groups in total. The molecule has 8 heteroatoms. The Morgan fingerprint density at radius 2 is 1.80 bits per heavy atom. The molecule has 0 bridgehead atoms. The SMILES string of the molecule is CCc1[nH]c(C(=O)O[C@H](C(=O)N2CCOCC2)c2ccccc2)c(C)c1C(=O)OC. The van der Waals surface area contributed by atoms with Crippen molar-refractivity contribution in [1.29, 1.82) is 0 Å². The molecule has 160 valence electrons. The van der Waals surface area contributed by atoms with Crippen molar-refractivity contribution in [3.63, 3.8) is 0 Å². The average Bonchev–Trinajstić information content (AvgIpc) is 3.13. The molecule has 1 aliphatic heterocycles. The van der Waals surface area contributed by atoms with Crippen molar-refractivity contribution in [2.45, 2.75) is 26.4 Å². The highest BCUT2D eigenvalue weighted by molar-refractivity contribution is 5.99. The Morgan fingerprint density at radius 3 is 2.40 bits per heavy atom. The Bertz CT molecular complexity index is 915. The number of aromatic nitrogens is 1. The smallest absolute Gasteiger partial charge is 0.356 e. The van der Waals surface area contributed by atoms with Gasteiger partial charge in [0.05, 0.1) is 25.9 Å². The molecule has 1 aromatic heterocycles. The van der Waals surface area contributed by atoms with E-state index in [-0.39, 0.29) is 11.6 Å². The number of carbonyl (C=O) groups excluding carboxylic acids is 3. The summed E-state index contributed by atoms with van der Waals surface area (Å²) in [5, 5.41) is 0. The molecule has 2 aromatic rings. The van der Waals surface area contributed by atoms with E-state index in [1.54, 1.807) is 36.1 Å². The lowest BCUT2D eigenvalue weighted by Gasteiger charge is -2.30. The first-order chi connectivity index (χ1) is 14.5. The fraction of sp³-hybridized carbons (Fsp3) is 0.409. The molecule has 30 heavy (non-hydrogen) atoms. The minimum atomic E-state index is -1.09. The highest BCUT2D eigenvalue weighted by Crippen LogP contribution is 2.26. The number of morpholine rings is 1. The summed E-state index contributed by atoms with van der Waals surface area (Å²) in [4.78, 5) is 42.9. The quantitative estimate of drug-likeness (QED) is 0.729. The van der Waals surface area contributed by atoms with Crippen molar-refractivity contribution in [3.8, 4) is 0 Å². The van der Waals surface area contributed by atoms with Crippen LogP contribution >= 0.6 is 0 Å². The summed E-state index contributed by atoms with van der Waals surface area (Å²) in [5.41, 5.74) is 2.07. The lowest BCUT2D eigenvalue weighted by molar-refractivity contribution is -0.145. The highest BCUT2D eigenvalue weighted by Gasteiger charge is 2.33. The van der Waals surface area contributed by atoms with Crippen molar-refractivity contribution in [1.82, 2.24) is 9.88 Å². The number of nitrogens with zero attached hydrogens (tertiary/aromatic N) is 1. The van der Waals surface area contributed by atoms with Crippen LogP contribution in [0.15, 0.2) is 30.3 Å². The minimum Gasteiger partial charge on any atom is -0.465 e. The zero-order chi connectivity index (χ0) is 21.7. The van der Waals surface area contributed by atoms with E-state index in [2.05, 4.69) is 4.98 Å². The summed E-state index contributed by atoms with van der Waals surface area (Å²) in [6.45, 7) is 5.28. The summed E-state index contributed by atoms with van der Waals surface area (Å²) in [6.07, 6.45) is -0.584. The number of benzene rings is 1. The van der Waals surface area contributed by atoms with Gasteiger partial charge in [0.1, 0.15) is 5.69 Å². The Balaban J connectivity index is 1.91. The fourth-order valence-corrected chi connectivity index (χ4v) is 3.51. The number of methoxy groups -OCH3 is 1. The summed E-state index contributed by atoms with van der Waals surface area (Å²) >= 11 is 0. The zero-order valence-electron chi connectivity index (χ0n) is 17.4. The Kier molecular flexibility index (Phi) is 6.89.